The lowest BCUT2D eigenvalue weighted by Gasteiger charge is -2.09. The van der Waals surface area contributed by atoms with Gasteiger partial charge in [-0.2, -0.15) is 0 Å². The summed E-state index contributed by atoms with van der Waals surface area (Å²) in [4.78, 5) is 33.3. The number of thioether (sulfide) groups is 1. The van der Waals surface area contributed by atoms with Gasteiger partial charge in [-0.3, -0.25) is 14.9 Å². The van der Waals surface area contributed by atoms with Crippen molar-refractivity contribution >= 4 is 39.0 Å². The normalized spacial score (nSPS) is 13.8. The second-order valence-electron chi connectivity index (χ2n) is 5.94. The Bertz CT molecular complexity index is 1010. The number of nitro groups is 1. The second-order valence-corrected chi connectivity index (χ2v) is 8.08. The molecule has 3 aromatic rings. The summed E-state index contributed by atoms with van der Waals surface area (Å²) in [7, 11) is 0. The Morgan fingerprint density at radius 3 is 2.76 bits per heavy atom. The number of aromatic amines is 1. The predicted molar refractivity (Wildman–Crippen MR) is 99.5 cm³/mol. The van der Waals surface area contributed by atoms with Crippen LogP contribution in [0.2, 0.25) is 0 Å². The molecule has 0 radical (unpaired) electrons. The topological polar surface area (TPSA) is 88.9 Å². The standard InChI is InChI=1S/C17H15N3O3S2/c21-16-15-12-3-1-2-4-13(12)25-17(15)19-14(18-16)9-24-11-7-5-10(6-8-11)20(22)23/h5-8H,1-4,9H2,(H,18,19,21). The summed E-state index contributed by atoms with van der Waals surface area (Å²) in [6.45, 7) is 0. The zero-order chi connectivity index (χ0) is 17.4. The maximum absolute atomic E-state index is 12.5. The maximum Gasteiger partial charge on any atom is 0.269 e. The highest BCUT2D eigenvalue weighted by atomic mass is 32.2. The van der Waals surface area contributed by atoms with E-state index in [1.807, 2.05) is 0 Å². The molecule has 1 aliphatic carbocycles. The highest BCUT2D eigenvalue weighted by Gasteiger charge is 2.19. The molecule has 2 aromatic heterocycles. The number of non-ortho nitro benzene ring substituents is 1. The molecule has 0 fully saturated rings. The summed E-state index contributed by atoms with van der Waals surface area (Å²) in [5, 5.41) is 11.5. The number of hydrogen-bond donors (Lipinski definition) is 1. The minimum atomic E-state index is -0.417. The van der Waals surface area contributed by atoms with Gasteiger partial charge in [-0.1, -0.05) is 0 Å². The first-order valence-electron chi connectivity index (χ1n) is 8.02. The fourth-order valence-electron chi connectivity index (χ4n) is 3.09. The van der Waals surface area contributed by atoms with Crippen LogP contribution in [0.4, 0.5) is 5.69 Å². The van der Waals surface area contributed by atoms with E-state index < -0.39 is 4.92 Å². The van der Waals surface area contributed by atoms with Gasteiger partial charge in [0.1, 0.15) is 10.7 Å². The number of nitro benzene ring substituents is 1. The molecule has 6 nitrogen and oxygen atoms in total. The van der Waals surface area contributed by atoms with Crippen molar-refractivity contribution in [3.63, 3.8) is 0 Å². The van der Waals surface area contributed by atoms with Crippen molar-refractivity contribution < 1.29 is 4.92 Å². The van der Waals surface area contributed by atoms with E-state index >= 15 is 0 Å². The van der Waals surface area contributed by atoms with E-state index in [-0.39, 0.29) is 11.2 Å². The van der Waals surface area contributed by atoms with E-state index in [4.69, 9.17) is 0 Å². The first-order chi connectivity index (χ1) is 12.1. The van der Waals surface area contributed by atoms with Crippen molar-refractivity contribution in [3.8, 4) is 0 Å². The summed E-state index contributed by atoms with van der Waals surface area (Å²) in [5.74, 6) is 1.16. The molecule has 128 valence electrons. The average Bonchev–Trinajstić information content (AvgIpc) is 2.99. The third-order valence-corrected chi connectivity index (χ3v) is 6.51. The number of fused-ring (bicyclic) bond motifs is 3. The highest BCUT2D eigenvalue weighted by molar-refractivity contribution is 7.98. The monoisotopic (exact) mass is 373 g/mol. The smallest absolute Gasteiger partial charge is 0.269 e. The number of benzene rings is 1. The van der Waals surface area contributed by atoms with Crippen LogP contribution in [0, 0.1) is 10.1 Å². The van der Waals surface area contributed by atoms with Crippen LogP contribution in [0.25, 0.3) is 10.2 Å². The molecule has 0 saturated carbocycles. The van der Waals surface area contributed by atoms with Gasteiger partial charge in [-0.15, -0.1) is 23.1 Å². The number of rotatable bonds is 4. The summed E-state index contributed by atoms with van der Waals surface area (Å²) in [5.41, 5.74) is 1.21. The Labute approximate surface area is 151 Å². The fourth-order valence-corrected chi connectivity index (χ4v) is 5.14. The van der Waals surface area contributed by atoms with Gasteiger partial charge in [-0.25, -0.2) is 4.98 Å². The Balaban J connectivity index is 1.57. The molecule has 4 rings (SSSR count). The Hall–Kier alpha value is -2.19. The van der Waals surface area contributed by atoms with Crippen molar-refractivity contribution in [2.45, 2.75) is 36.3 Å². The molecule has 0 bridgehead atoms. The second kappa shape index (κ2) is 6.61. The van der Waals surface area contributed by atoms with E-state index in [1.165, 1.54) is 40.8 Å². The summed E-state index contributed by atoms with van der Waals surface area (Å²) < 4.78 is 0. The van der Waals surface area contributed by atoms with E-state index in [1.54, 1.807) is 23.5 Å². The van der Waals surface area contributed by atoms with E-state index in [0.29, 0.717) is 11.6 Å². The molecule has 1 aromatic carbocycles. The molecular formula is C17H15N3O3S2. The maximum atomic E-state index is 12.5. The lowest BCUT2D eigenvalue weighted by atomic mass is 9.97. The van der Waals surface area contributed by atoms with Crippen LogP contribution >= 0.6 is 23.1 Å². The molecule has 0 spiro atoms. The van der Waals surface area contributed by atoms with Gasteiger partial charge >= 0.3 is 0 Å². The zero-order valence-electron chi connectivity index (χ0n) is 13.3. The lowest BCUT2D eigenvalue weighted by molar-refractivity contribution is -0.384. The third kappa shape index (κ3) is 3.19. The number of nitrogens with one attached hydrogen (secondary N) is 1. The highest BCUT2D eigenvalue weighted by Crippen LogP contribution is 2.34. The van der Waals surface area contributed by atoms with Gasteiger partial charge in [0, 0.05) is 21.9 Å². The average molecular weight is 373 g/mol. The van der Waals surface area contributed by atoms with Crippen LogP contribution in [-0.2, 0) is 18.6 Å². The molecule has 1 aliphatic rings. The minimum Gasteiger partial charge on any atom is -0.309 e. The van der Waals surface area contributed by atoms with Crippen LogP contribution < -0.4 is 5.56 Å². The number of nitrogens with zero attached hydrogens (tertiary/aromatic N) is 2. The SMILES string of the molecule is O=c1[nH]c(CSc2ccc([N+](=O)[O-])cc2)nc2sc3c(c12)CCCC3. The number of hydrogen-bond acceptors (Lipinski definition) is 6. The molecule has 0 aliphatic heterocycles. The molecule has 25 heavy (non-hydrogen) atoms. The first-order valence-corrected chi connectivity index (χ1v) is 9.83. The number of thiophene rings is 1. The minimum absolute atomic E-state index is 0.0521. The number of aryl methyl sites for hydroxylation is 2. The zero-order valence-corrected chi connectivity index (χ0v) is 14.9. The molecule has 1 N–H and O–H groups in total. The molecular weight excluding hydrogens is 358 g/mol. The third-order valence-electron chi connectivity index (χ3n) is 4.30. The van der Waals surface area contributed by atoms with Crippen LogP contribution in [0.5, 0.6) is 0 Å². The molecule has 8 heteroatoms. The lowest BCUT2D eigenvalue weighted by Crippen LogP contribution is -2.12. The quantitative estimate of drug-likeness (QED) is 0.423. The van der Waals surface area contributed by atoms with Crippen molar-refractivity contribution in [3.05, 3.63) is 61.0 Å². The van der Waals surface area contributed by atoms with E-state index in [9.17, 15) is 14.9 Å². The summed E-state index contributed by atoms with van der Waals surface area (Å²) in [6.07, 6.45) is 4.33. The van der Waals surface area contributed by atoms with Crippen molar-refractivity contribution in [1.82, 2.24) is 9.97 Å². The summed E-state index contributed by atoms with van der Waals surface area (Å²) >= 11 is 3.13. The van der Waals surface area contributed by atoms with Crippen molar-refractivity contribution in [2.75, 3.05) is 0 Å². The Kier molecular flexibility index (Phi) is 4.30. The van der Waals surface area contributed by atoms with Gasteiger partial charge < -0.3 is 4.98 Å². The molecule has 0 amide bonds. The van der Waals surface area contributed by atoms with E-state index in [2.05, 4.69) is 9.97 Å². The van der Waals surface area contributed by atoms with Gasteiger partial charge in [-0.05, 0) is 43.4 Å². The van der Waals surface area contributed by atoms with E-state index in [0.717, 1.165) is 34.4 Å². The van der Waals surface area contributed by atoms with Gasteiger partial charge in [0.2, 0.25) is 0 Å². The Morgan fingerprint density at radius 1 is 1.24 bits per heavy atom. The van der Waals surface area contributed by atoms with Gasteiger partial charge in [0.05, 0.1) is 16.1 Å². The summed E-state index contributed by atoms with van der Waals surface area (Å²) in [6, 6.07) is 6.39. The molecule has 0 unspecified atom stereocenters. The molecule has 2 heterocycles. The van der Waals surface area contributed by atoms with Crippen LogP contribution in [0.3, 0.4) is 0 Å². The number of aromatic nitrogens is 2. The first kappa shape index (κ1) is 16.3. The molecule has 0 saturated heterocycles. The largest absolute Gasteiger partial charge is 0.309 e. The Morgan fingerprint density at radius 2 is 2.00 bits per heavy atom. The van der Waals surface area contributed by atoms with Crippen molar-refractivity contribution in [2.24, 2.45) is 0 Å². The van der Waals surface area contributed by atoms with Crippen LogP contribution in [-0.4, -0.2) is 14.9 Å². The van der Waals surface area contributed by atoms with Crippen LogP contribution in [0.15, 0.2) is 34.0 Å². The van der Waals surface area contributed by atoms with Crippen molar-refractivity contribution in [1.29, 1.82) is 0 Å². The van der Waals surface area contributed by atoms with Crippen LogP contribution in [0.1, 0.15) is 29.1 Å². The molecule has 0 atom stereocenters. The van der Waals surface area contributed by atoms with Gasteiger partial charge in [0.15, 0.2) is 0 Å². The van der Waals surface area contributed by atoms with Gasteiger partial charge in [0.25, 0.3) is 11.2 Å². The predicted octanol–water partition coefficient (Wildman–Crippen LogP) is 4.06. The fraction of sp³-hybridized carbons (Fsp3) is 0.294. The number of H-pyrrole nitrogens is 1.